The number of hydrogen-bond donors (Lipinski definition) is 0. The van der Waals surface area contributed by atoms with E-state index in [2.05, 4.69) is 60.7 Å². The van der Waals surface area contributed by atoms with E-state index >= 15 is 0 Å². The number of carbonyl (C=O) groups is 4. The molecule has 238 valence electrons. The molecule has 7 rings (SSSR count). The lowest BCUT2D eigenvalue weighted by Crippen LogP contribution is -1.89. The second-order valence-corrected chi connectivity index (χ2v) is 12.1. The van der Waals surface area contributed by atoms with Crippen LogP contribution in [0.1, 0.15) is 41.4 Å². The lowest BCUT2D eigenvalue weighted by atomic mass is 9.91. The predicted octanol–water partition coefficient (Wildman–Crippen LogP) is 10.9. The van der Waals surface area contributed by atoms with Crippen molar-refractivity contribution < 1.29 is 19.2 Å². The van der Waals surface area contributed by atoms with Crippen molar-refractivity contribution in [2.45, 2.75) is 0 Å². The number of aldehydes is 4. The van der Waals surface area contributed by atoms with Gasteiger partial charge in [-0.05, 0) is 103 Å². The van der Waals surface area contributed by atoms with Gasteiger partial charge in [0.1, 0.15) is 25.1 Å². The molecular weight excluding hydrogens is 617 g/mol. The number of benzene rings is 7. The molecule has 4 heteroatoms. The summed E-state index contributed by atoms with van der Waals surface area (Å²) >= 11 is 0. The maximum Gasteiger partial charge on any atom is 0.150 e. The van der Waals surface area contributed by atoms with Crippen molar-refractivity contribution >= 4 is 25.1 Å². The van der Waals surface area contributed by atoms with Gasteiger partial charge in [-0.2, -0.15) is 0 Å². The molecule has 50 heavy (non-hydrogen) atoms. The van der Waals surface area contributed by atoms with Crippen LogP contribution in [0.3, 0.4) is 0 Å². The van der Waals surface area contributed by atoms with E-state index < -0.39 is 0 Å². The Balaban J connectivity index is 1.30. The minimum Gasteiger partial charge on any atom is -0.298 e. The van der Waals surface area contributed by atoms with Crippen molar-refractivity contribution in [3.63, 3.8) is 0 Å². The highest BCUT2D eigenvalue weighted by atomic mass is 16.1. The van der Waals surface area contributed by atoms with E-state index in [1.54, 1.807) is 0 Å². The molecule has 0 heterocycles. The second kappa shape index (κ2) is 14.1. The largest absolute Gasteiger partial charge is 0.298 e. The van der Waals surface area contributed by atoms with Crippen molar-refractivity contribution in [3.8, 4) is 66.8 Å². The van der Waals surface area contributed by atoms with Crippen LogP contribution in [0.15, 0.2) is 158 Å². The normalized spacial score (nSPS) is 10.7. The average molecular weight is 647 g/mol. The Morgan fingerprint density at radius 3 is 0.480 bits per heavy atom. The third-order valence-electron chi connectivity index (χ3n) is 8.94. The average Bonchev–Trinajstić information content (AvgIpc) is 3.20. The maximum atomic E-state index is 11.3. The summed E-state index contributed by atoms with van der Waals surface area (Å²) < 4.78 is 0. The molecule has 0 aliphatic rings. The van der Waals surface area contributed by atoms with E-state index in [0.717, 1.165) is 91.9 Å². The van der Waals surface area contributed by atoms with E-state index in [1.165, 1.54) is 0 Å². The lowest BCUT2D eigenvalue weighted by molar-refractivity contribution is 0.111. The fourth-order valence-electron chi connectivity index (χ4n) is 6.13. The summed E-state index contributed by atoms with van der Waals surface area (Å²) in [5.41, 5.74) is 14.6. The van der Waals surface area contributed by atoms with Gasteiger partial charge < -0.3 is 0 Å². The zero-order valence-electron chi connectivity index (χ0n) is 27.0. The molecule has 0 spiro atoms. The number of rotatable bonds is 10. The summed E-state index contributed by atoms with van der Waals surface area (Å²) in [6, 6.07) is 51.5. The van der Waals surface area contributed by atoms with Gasteiger partial charge in [0.05, 0.1) is 0 Å². The van der Waals surface area contributed by atoms with Crippen LogP contribution < -0.4 is 0 Å². The Morgan fingerprint density at radius 2 is 0.340 bits per heavy atom. The third kappa shape index (κ3) is 6.77. The SMILES string of the molecule is O=Cc1ccc(-c2cc(-c3ccc(C=O)cc3)cc(-c3ccc(-c4cc(-c5ccc(C=O)cc5)cc(-c5ccc(C=O)cc5)c4)cc3)c2)cc1. The highest BCUT2D eigenvalue weighted by Gasteiger charge is 2.11. The molecule has 7 aromatic carbocycles. The molecule has 0 N–H and O–H groups in total. The predicted molar refractivity (Wildman–Crippen MR) is 201 cm³/mol. The lowest BCUT2D eigenvalue weighted by Gasteiger charge is -2.14. The first-order valence-corrected chi connectivity index (χ1v) is 16.2. The van der Waals surface area contributed by atoms with E-state index in [9.17, 15) is 19.2 Å². The molecule has 0 amide bonds. The molecule has 4 nitrogen and oxygen atoms in total. The van der Waals surface area contributed by atoms with Gasteiger partial charge in [0.25, 0.3) is 0 Å². The van der Waals surface area contributed by atoms with Gasteiger partial charge in [-0.3, -0.25) is 19.2 Å². The topological polar surface area (TPSA) is 68.3 Å². The third-order valence-corrected chi connectivity index (χ3v) is 8.94. The van der Waals surface area contributed by atoms with Gasteiger partial charge in [-0.1, -0.05) is 121 Å². The van der Waals surface area contributed by atoms with Crippen LogP contribution in [0.25, 0.3) is 66.8 Å². The first-order valence-electron chi connectivity index (χ1n) is 16.2. The smallest absolute Gasteiger partial charge is 0.150 e. The molecule has 0 atom stereocenters. The molecule has 0 bridgehead atoms. The van der Waals surface area contributed by atoms with Crippen molar-refractivity contribution in [2.24, 2.45) is 0 Å². The summed E-state index contributed by atoms with van der Waals surface area (Å²) in [7, 11) is 0. The molecule has 0 saturated heterocycles. The minimum atomic E-state index is 0.619. The van der Waals surface area contributed by atoms with Crippen LogP contribution in [0.5, 0.6) is 0 Å². The molecule has 0 radical (unpaired) electrons. The molecule has 0 unspecified atom stereocenters. The summed E-state index contributed by atoms with van der Waals surface area (Å²) in [6.45, 7) is 0. The molecule has 0 fully saturated rings. The van der Waals surface area contributed by atoms with E-state index in [-0.39, 0.29) is 0 Å². The Bertz CT molecular complexity index is 2020. The van der Waals surface area contributed by atoms with Crippen molar-refractivity contribution in [1.82, 2.24) is 0 Å². The van der Waals surface area contributed by atoms with Crippen LogP contribution in [-0.4, -0.2) is 25.1 Å². The van der Waals surface area contributed by atoms with Gasteiger partial charge in [0.15, 0.2) is 0 Å². The van der Waals surface area contributed by atoms with Crippen molar-refractivity contribution in [2.75, 3.05) is 0 Å². The molecule has 0 aromatic heterocycles. The highest BCUT2D eigenvalue weighted by molar-refractivity contribution is 5.87. The monoisotopic (exact) mass is 646 g/mol. The number of carbonyl (C=O) groups excluding carboxylic acids is 4. The zero-order chi connectivity index (χ0) is 34.5. The van der Waals surface area contributed by atoms with Gasteiger partial charge in [-0.25, -0.2) is 0 Å². The Hall–Kier alpha value is -6.78. The number of hydrogen-bond acceptors (Lipinski definition) is 4. The highest BCUT2D eigenvalue weighted by Crippen LogP contribution is 2.36. The first-order chi connectivity index (χ1) is 24.5. The summed E-state index contributed by atoms with van der Waals surface area (Å²) in [4.78, 5) is 45.2. The zero-order valence-corrected chi connectivity index (χ0v) is 27.0. The minimum absolute atomic E-state index is 0.619. The molecular formula is C46H30O4. The van der Waals surface area contributed by atoms with Crippen LogP contribution in [0, 0.1) is 0 Å². The molecule has 0 aliphatic heterocycles. The van der Waals surface area contributed by atoms with Crippen LogP contribution >= 0.6 is 0 Å². The summed E-state index contributed by atoms with van der Waals surface area (Å²) in [5.74, 6) is 0. The van der Waals surface area contributed by atoms with Gasteiger partial charge in [0.2, 0.25) is 0 Å². The molecule has 0 saturated carbocycles. The van der Waals surface area contributed by atoms with E-state index in [1.807, 2.05) is 97.1 Å². The Labute approximate surface area is 290 Å². The summed E-state index contributed by atoms with van der Waals surface area (Å²) in [5, 5.41) is 0. The maximum absolute atomic E-state index is 11.3. The van der Waals surface area contributed by atoms with Crippen molar-refractivity contribution in [1.29, 1.82) is 0 Å². The van der Waals surface area contributed by atoms with Crippen molar-refractivity contribution in [3.05, 3.63) is 180 Å². The van der Waals surface area contributed by atoms with E-state index in [0.29, 0.717) is 22.3 Å². The van der Waals surface area contributed by atoms with Gasteiger partial charge >= 0.3 is 0 Å². The van der Waals surface area contributed by atoms with Crippen LogP contribution in [0.4, 0.5) is 0 Å². The van der Waals surface area contributed by atoms with Gasteiger partial charge in [0, 0.05) is 22.3 Å². The summed E-state index contributed by atoms with van der Waals surface area (Å²) in [6.07, 6.45) is 3.36. The fourth-order valence-corrected chi connectivity index (χ4v) is 6.13. The fraction of sp³-hybridized carbons (Fsp3) is 0. The Kier molecular flexibility index (Phi) is 8.99. The second-order valence-electron chi connectivity index (χ2n) is 12.1. The van der Waals surface area contributed by atoms with Crippen LogP contribution in [-0.2, 0) is 0 Å². The standard InChI is InChI=1S/C46H30O4/c47-27-31-1-9-35(10-2-31)41-21-42(36-11-3-32(28-48)4-12-36)24-45(23-41)39-17-19-40(20-18-39)46-25-43(37-13-5-33(29-49)6-14-37)22-44(26-46)38-15-7-34(30-50)8-16-38/h1-30H. The molecule has 7 aromatic rings. The quantitative estimate of drug-likeness (QED) is 0.139. The van der Waals surface area contributed by atoms with E-state index in [4.69, 9.17) is 0 Å². The van der Waals surface area contributed by atoms with Crippen LogP contribution in [0.2, 0.25) is 0 Å². The van der Waals surface area contributed by atoms with Gasteiger partial charge in [-0.15, -0.1) is 0 Å². The Morgan fingerprint density at radius 1 is 0.200 bits per heavy atom. The first kappa shape index (κ1) is 31.8. The molecule has 0 aliphatic carbocycles.